The van der Waals surface area contributed by atoms with E-state index in [1.165, 1.54) is 0 Å². The van der Waals surface area contributed by atoms with Crippen LogP contribution in [0.15, 0.2) is 4.42 Å². The smallest absolute Gasteiger partial charge is 0.289 e. The Morgan fingerprint density at radius 3 is 2.81 bits per heavy atom. The SMILES string of the molecule is Cc1nc(C)c(C(=O)NCCOCCBr)o1. The number of hydrogen-bond donors (Lipinski definition) is 1. The molecular formula is C10H15BrN2O3. The summed E-state index contributed by atoms with van der Waals surface area (Å²) in [5, 5.41) is 3.49. The van der Waals surface area contributed by atoms with Crippen LogP contribution in [-0.4, -0.2) is 36.0 Å². The Morgan fingerprint density at radius 2 is 2.25 bits per heavy atom. The number of rotatable bonds is 6. The normalized spacial score (nSPS) is 10.4. The summed E-state index contributed by atoms with van der Waals surface area (Å²) in [7, 11) is 0. The molecule has 5 nitrogen and oxygen atoms in total. The highest BCUT2D eigenvalue weighted by molar-refractivity contribution is 9.09. The number of nitrogens with one attached hydrogen (secondary N) is 1. The maximum Gasteiger partial charge on any atom is 0.289 e. The van der Waals surface area contributed by atoms with Gasteiger partial charge in [-0.05, 0) is 6.92 Å². The van der Waals surface area contributed by atoms with Crippen molar-refractivity contribution in [2.75, 3.05) is 25.1 Å². The molecule has 1 heterocycles. The number of aromatic nitrogens is 1. The molecule has 90 valence electrons. The van der Waals surface area contributed by atoms with Crippen molar-refractivity contribution in [3.05, 3.63) is 17.3 Å². The third kappa shape index (κ3) is 3.94. The van der Waals surface area contributed by atoms with Crippen molar-refractivity contribution in [3.63, 3.8) is 0 Å². The summed E-state index contributed by atoms with van der Waals surface area (Å²) in [6, 6.07) is 0. The zero-order valence-corrected chi connectivity index (χ0v) is 11.0. The van der Waals surface area contributed by atoms with Gasteiger partial charge < -0.3 is 14.5 Å². The van der Waals surface area contributed by atoms with E-state index in [1.54, 1.807) is 13.8 Å². The molecule has 1 N–H and O–H groups in total. The summed E-state index contributed by atoms with van der Waals surface area (Å²) in [4.78, 5) is 15.6. The number of nitrogens with zero attached hydrogens (tertiary/aromatic N) is 1. The molecule has 6 heteroatoms. The number of ether oxygens (including phenoxy) is 1. The number of amides is 1. The van der Waals surface area contributed by atoms with Gasteiger partial charge in [0.1, 0.15) is 0 Å². The fourth-order valence-electron chi connectivity index (χ4n) is 1.22. The number of halogens is 1. The Kier molecular flexibility index (Phi) is 5.48. The predicted molar refractivity (Wildman–Crippen MR) is 62.9 cm³/mol. The van der Waals surface area contributed by atoms with Gasteiger partial charge in [-0.25, -0.2) is 4.98 Å². The van der Waals surface area contributed by atoms with Crippen molar-refractivity contribution < 1.29 is 13.9 Å². The first kappa shape index (κ1) is 13.2. The highest BCUT2D eigenvalue weighted by Gasteiger charge is 2.14. The molecule has 0 fully saturated rings. The Bertz CT molecular complexity index is 352. The van der Waals surface area contributed by atoms with E-state index in [1.807, 2.05) is 0 Å². The number of aryl methyl sites for hydroxylation is 2. The van der Waals surface area contributed by atoms with Gasteiger partial charge in [-0.15, -0.1) is 0 Å². The second kappa shape index (κ2) is 6.65. The van der Waals surface area contributed by atoms with E-state index in [0.29, 0.717) is 31.3 Å². The van der Waals surface area contributed by atoms with Gasteiger partial charge in [-0.2, -0.15) is 0 Å². The molecule has 0 aliphatic carbocycles. The van der Waals surface area contributed by atoms with Crippen molar-refractivity contribution in [1.29, 1.82) is 0 Å². The molecule has 1 amide bonds. The lowest BCUT2D eigenvalue weighted by Crippen LogP contribution is -2.27. The molecule has 1 rings (SSSR count). The summed E-state index contributed by atoms with van der Waals surface area (Å²) in [5.41, 5.74) is 0.608. The number of alkyl halides is 1. The van der Waals surface area contributed by atoms with E-state index in [2.05, 4.69) is 26.2 Å². The average Bonchev–Trinajstić information content (AvgIpc) is 2.57. The highest BCUT2D eigenvalue weighted by atomic mass is 79.9. The lowest BCUT2D eigenvalue weighted by atomic mass is 10.3. The molecule has 1 aromatic heterocycles. The monoisotopic (exact) mass is 290 g/mol. The molecule has 16 heavy (non-hydrogen) atoms. The van der Waals surface area contributed by atoms with Gasteiger partial charge in [0.15, 0.2) is 5.89 Å². The van der Waals surface area contributed by atoms with Gasteiger partial charge in [0.25, 0.3) is 5.91 Å². The first-order valence-electron chi connectivity index (χ1n) is 5.01. The minimum atomic E-state index is -0.249. The van der Waals surface area contributed by atoms with E-state index in [9.17, 15) is 4.79 Å². The van der Waals surface area contributed by atoms with Crippen molar-refractivity contribution in [2.24, 2.45) is 0 Å². The standard InChI is InChI=1S/C10H15BrN2O3/c1-7-9(16-8(2)13-7)10(14)12-4-6-15-5-3-11/h3-6H2,1-2H3,(H,12,14). The van der Waals surface area contributed by atoms with Gasteiger partial charge in [0.2, 0.25) is 5.76 Å². The second-order valence-electron chi connectivity index (χ2n) is 3.20. The van der Waals surface area contributed by atoms with Crippen LogP contribution >= 0.6 is 15.9 Å². The molecule has 0 saturated heterocycles. The lowest BCUT2D eigenvalue weighted by Gasteiger charge is -2.03. The molecule has 0 radical (unpaired) electrons. The summed E-state index contributed by atoms with van der Waals surface area (Å²) < 4.78 is 10.4. The highest BCUT2D eigenvalue weighted by Crippen LogP contribution is 2.08. The predicted octanol–water partition coefficient (Wildman–Crippen LogP) is 1.43. The zero-order chi connectivity index (χ0) is 12.0. The minimum absolute atomic E-state index is 0.249. The van der Waals surface area contributed by atoms with E-state index in [0.717, 1.165) is 5.33 Å². The van der Waals surface area contributed by atoms with Crippen molar-refractivity contribution in [3.8, 4) is 0 Å². The summed E-state index contributed by atoms with van der Waals surface area (Å²) in [6.07, 6.45) is 0. The average molecular weight is 291 g/mol. The van der Waals surface area contributed by atoms with E-state index >= 15 is 0 Å². The molecule has 0 bridgehead atoms. The molecule has 0 aromatic carbocycles. The first-order chi connectivity index (χ1) is 7.65. The number of hydrogen-bond acceptors (Lipinski definition) is 4. The van der Waals surface area contributed by atoms with Gasteiger partial charge in [0.05, 0.1) is 18.9 Å². The molecule has 1 aromatic rings. The number of carbonyl (C=O) groups is 1. The first-order valence-corrected chi connectivity index (χ1v) is 6.13. The summed E-state index contributed by atoms with van der Waals surface area (Å²) in [5.74, 6) is 0.525. The Labute approximate surface area is 103 Å². The zero-order valence-electron chi connectivity index (χ0n) is 9.38. The van der Waals surface area contributed by atoms with Crippen LogP contribution in [0.3, 0.4) is 0 Å². The van der Waals surface area contributed by atoms with E-state index in [-0.39, 0.29) is 11.7 Å². The molecule has 0 atom stereocenters. The Morgan fingerprint density at radius 1 is 1.50 bits per heavy atom. The van der Waals surface area contributed by atoms with Crippen molar-refractivity contribution in [2.45, 2.75) is 13.8 Å². The maximum absolute atomic E-state index is 11.6. The quantitative estimate of drug-likeness (QED) is 0.636. The fraction of sp³-hybridized carbons (Fsp3) is 0.600. The van der Waals surface area contributed by atoms with Crippen LogP contribution in [0.1, 0.15) is 22.1 Å². The van der Waals surface area contributed by atoms with E-state index in [4.69, 9.17) is 9.15 Å². The number of oxazole rings is 1. The van der Waals surface area contributed by atoms with E-state index < -0.39 is 0 Å². The molecule has 0 spiro atoms. The summed E-state index contributed by atoms with van der Waals surface area (Å²) in [6.45, 7) is 5.04. The molecule has 0 aliphatic rings. The van der Waals surface area contributed by atoms with Gasteiger partial charge in [0, 0.05) is 18.8 Å². The van der Waals surface area contributed by atoms with Crippen LogP contribution in [0, 0.1) is 13.8 Å². The van der Waals surface area contributed by atoms with Gasteiger partial charge >= 0.3 is 0 Å². The van der Waals surface area contributed by atoms with Crippen LogP contribution in [0.25, 0.3) is 0 Å². The topological polar surface area (TPSA) is 64.4 Å². The Balaban J connectivity index is 2.33. The van der Waals surface area contributed by atoms with Crippen LogP contribution in [-0.2, 0) is 4.74 Å². The van der Waals surface area contributed by atoms with Crippen LogP contribution in [0.5, 0.6) is 0 Å². The minimum Gasteiger partial charge on any atom is -0.436 e. The second-order valence-corrected chi connectivity index (χ2v) is 4.00. The largest absolute Gasteiger partial charge is 0.436 e. The van der Waals surface area contributed by atoms with Gasteiger partial charge in [-0.3, -0.25) is 4.79 Å². The van der Waals surface area contributed by atoms with Crippen molar-refractivity contribution in [1.82, 2.24) is 10.3 Å². The Hall–Kier alpha value is -0.880. The molecule has 0 saturated carbocycles. The maximum atomic E-state index is 11.6. The summed E-state index contributed by atoms with van der Waals surface area (Å²) >= 11 is 3.24. The third-order valence-electron chi connectivity index (χ3n) is 1.86. The van der Waals surface area contributed by atoms with Crippen LogP contribution < -0.4 is 5.32 Å². The molecule has 0 aliphatic heterocycles. The van der Waals surface area contributed by atoms with Gasteiger partial charge in [-0.1, -0.05) is 15.9 Å². The fourth-order valence-corrected chi connectivity index (χ4v) is 1.44. The van der Waals surface area contributed by atoms with Crippen LogP contribution in [0.2, 0.25) is 0 Å². The molecule has 0 unspecified atom stereocenters. The third-order valence-corrected chi connectivity index (χ3v) is 2.19. The van der Waals surface area contributed by atoms with Crippen LogP contribution in [0.4, 0.5) is 0 Å². The molecular weight excluding hydrogens is 276 g/mol. The van der Waals surface area contributed by atoms with Crippen molar-refractivity contribution >= 4 is 21.8 Å². The lowest BCUT2D eigenvalue weighted by molar-refractivity contribution is 0.0895. The number of carbonyl (C=O) groups excluding carboxylic acids is 1.